The number of fused-ring (bicyclic) bond motifs is 2. The van der Waals surface area contributed by atoms with Crippen LogP contribution in [0.25, 0.3) is 17.4 Å². The molecule has 2 aromatic heterocycles. The number of nitro benzene ring substituents is 1. The average molecular weight is 545 g/mol. The maximum atomic E-state index is 13.5. The molecule has 1 amide bonds. The van der Waals surface area contributed by atoms with E-state index in [-0.39, 0.29) is 29.0 Å². The lowest BCUT2D eigenvalue weighted by Gasteiger charge is -2.34. The topological polar surface area (TPSA) is 114 Å². The fraction of sp³-hybridized carbons (Fsp3) is 0.345. The monoisotopic (exact) mass is 544 g/mol. The van der Waals surface area contributed by atoms with Crippen LogP contribution in [0.3, 0.4) is 0 Å². The summed E-state index contributed by atoms with van der Waals surface area (Å²) in [6.07, 6.45) is 6.54. The first-order valence-corrected chi connectivity index (χ1v) is 13.7. The number of non-ortho nitro benzene ring substituents is 1. The van der Waals surface area contributed by atoms with Crippen molar-refractivity contribution in [2.45, 2.75) is 46.6 Å². The zero-order chi connectivity index (χ0) is 27.4. The van der Waals surface area contributed by atoms with E-state index in [9.17, 15) is 14.9 Å². The zero-order valence-electron chi connectivity index (χ0n) is 21.9. The van der Waals surface area contributed by atoms with Gasteiger partial charge in [-0.1, -0.05) is 20.8 Å². The quantitative estimate of drug-likeness (QED) is 0.185. The number of amides is 1. The van der Waals surface area contributed by atoms with Gasteiger partial charge in [0, 0.05) is 34.9 Å². The molecule has 1 saturated heterocycles. The Kier molecular flexibility index (Phi) is 6.10. The molecule has 1 aliphatic heterocycles. The van der Waals surface area contributed by atoms with Gasteiger partial charge in [-0.2, -0.15) is 5.10 Å². The summed E-state index contributed by atoms with van der Waals surface area (Å²) in [7, 11) is 0. The standard InChI is InChI=1S/C29H28N4O5S/c1-28(2)19-12-13-29(28,3)25(15-19)30-31-27-32(17-22-5-4-14-37-22)26(34)24(39-27)16-21-10-11-23(38-21)18-6-8-20(9-7-18)33(35)36/h4-11,14,16,19H,12-13,15,17H2,1-3H3/b24-16-,30-25+,31-27+. The van der Waals surface area contributed by atoms with Gasteiger partial charge in [-0.25, -0.2) is 0 Å². The zero-order valence-corrected chi connectivity index (χ0v) is 22.7. The largest absolute Gasteiger partial charge is 0.467 e. The number of thioether (sulfide) groups is 1. The fourth-order valence-corrected chi connectivity index (χ4v) is 6.83. The molecule has 9 nitrogen and oxygen atoms in total. The molecule has 3 aromatic rings. The second-order valence-electron chi connectivity index (χ2n) is 11.0. The molecule has 2 bridgehead atoms. The lowest BCUT2D eigenvalue weighted by molar-refractivity contribution is -0.384. The number of rotatable bonds is 6. The van der Waals surface area contributed by atoms with Crippen molar-refractivity contribution in [1.29, 1.82) is 0 Å². The molecule has 3 heterocycles. The van der Waals surface area contributed by atoms with Gasteiger partial charge >= 0.3 is 0 Å². The number of nitrogens with zero attached hydrogens (tertiary/aromatic N) is 4. The third kappa shape index (κ3) is 4.32. The highest BCUT2D eigenvalue weighted by atomic mass is 32.2. The van der Waals surface area contributed by atoms with Crippen LogP contribution < -0.4 is 0 Å². The van der Waals surface area contributed by atoms with Crippen LogP contribution in [0.5, 0.6) is 0 Å². The van der Waals surface area contributed by atoms with Crippen LogP contribution in [-0.2, 0) is 11.3 Å². The summed E-state index contributed by atoms with van der Waals surface area (Å²) >= 11 is 1.26. The van der Waals surface area contributed by atoms with Gasteiger partial charge in [0.25, 0.3) is 11.6 Å². The van der Waals surface area contributed by atoms with Crippen molar-refractivity contribution in [2.24, 2.45) is 27.0 Å². The van der Waals surface area contributed by atoms with Gasteiger partial charge in [0.05, 0.1) is 22.6 Å². The minimum absolute atomic E-state index is 0.00984. The third-order valence-corrected chi connectivity index (χ3v) is 9.81. The summed E-state index contributed by atoms with van der Waals surface area (Å²) in [5.41, 5.74) is 2.02. The molecule has 0 N–H and O–H groups in total. The number of hydrogen-bond donors (Lipinski definition) is 0. The van der Waals surface area contributed by atoms with Crippen molar-refractivity contribution in [1.82, 2.24) is 4.90 Å². The summed E-state index contributed by atoms with van der Waals surface area (Å²) in [4.78, 5) is 26.0. The Morgan fingerprint density at radius 1 is 1.15 bits per heavy atom. The van der Waals surface area contributed by atoms with E-state index in [1.54, 1.807) is 47.6 Å². The van der Waals surface area contributed by atoms with E-state index in [0.29, 0.717) is 38.8 Å². The van der Waals surface area contributed by atoms with E-state index in [1.165, 1.54) is 30.3 Å². The predicted octanol–water partition coefficient (Wildman–Crippen LogP) is 7.12. The summed E-state index contributed by atoms with van der Waals surface area (Å²) in [5, 5.41) is 20.8. The Labute approximate surface area is 229 Å². The van der Waals surface area contributed by atoms with Gasteiger partial charge in [0.15, 0.2) is 5.17 Å². The number of hydrogen-bond acceptors (Lipinski definition) is 8. The summed E-state index contributed by atoms with van der Waals surface area (Å²) < 4.78 is 11.5. The molecule has 0 spiro atoms. The van der Waals surface area contributed by atoms with E-state index >= 15 is 0 Å². The molecule has 6 rings (SSSR count). The molecule has 3 aliphatic rings. The number of amidine groups is 1. The van der Waals surface area contributed by atoms with Crippen LogP contribution in [0.2, 0.25) is 0 Å². The summed E-state index contributed by atoms with van der Waals surface area (Å²) in [6.45, 7) is 7.19. The first-order valence-electron chi connectivity index (χ1n) is 12.9. The number of nitro groups is 1. The number of furan rings is 2. The minimum atomic E-state index is -0.443. The molecule has 2 atom stereocenters. The lowest BCUT2D eigenvalue weighted by atomic mass is 9.70. The van der Waals surface area contributed by atoms with Gasteiger partial charge < -0.3 is 8.83 Å². The second-order valence-corrected chi connectivity index (χ2v) is 12.0. The predicted molar refractivity (Wildman–Crippen MR) is 150 cm³/mol. The van der Waals surface area contributed by atoms with Crippen LogP contribution in [0.1, 0.15) is 51.6 Å². The molecule has 3 fully saturated rings. The summed E-state index contributed by atoms with van der Waals surface area (Å²) in [5.74, 6) is 2.09. The van der Waals surface area contributed by atoms with E-state index < -0.39 is 4.92 Å². The number of carbonyl (C=O) groups excluding carboxylic acids is 1. The normalized spacial score (nSPS) is 26.9. The van der Waals surface area contributed by atoms with E-state index in [0.717, 1.165) is 18.6 Å². The van der Waals surface area contributed by atoms with Crippen LogP contribution in [0, 0.1) is 26.9 Å². The van der Waals surface area contributed by atoms with Crippen LogP contribution in [0.15, 0.2) is 78.7 Å². The molecule has 39 heavy (non-hydrogen) atoms. The Bertz CT molecular complexity index is 1530. The van der Waals surface area contributed by atoms with Crippen molar-refractivity contribution >= 4 is 40.3 Å². The molecule has 2 saturated carbocycles. The molecule has 200 valence electrons. The van der Waals surface area contributed by atoms with Gasteiger partial charge in [0.2, 0.25) is 0 Å². The third-order valence-electron chi connectivity index (χ3n) is 8.81. The Hall–Kier alpha value is -3.92. The maximum Gasteiger partial charge on any atom is 0.269 e. The average Bonchev–Trinajstić information content (AvgIpc) is 3.72. The first-order chi connectivity index (χ1) is 18.7. The van der Waals surface area contributed by atoms with Gasteiger partial charge in [-0.3, -0.25) is 19.8 Å². The van der Waals surface area contributed by atoms with Gasteiger partial charge in [-0.05, 0) is 78.8 Å². The van der Waals surface area contributed by atoms with E-state index in [4.69, 9.17) is 13.9 Å². The van der Waals surface area contributed by atoms with Crippen molar-refractivity contribution in [3.05, 3.63) is 81.3 Å². The number of carbonyl (C=O) groups is 1. The van der Waals surface area contributed by atoms with Gasteiger partial charge in [0.1, 0.15) is 17.3 Å². The van der Waals surface area contributed by atoms with Crippen molar-refractivity contribution in [3.8, 4) is 11.3 Å². The van der Waals surface area contributed by atoms with E-state index in [2.05, 4.69) is 25.9 Å². The molecule has 1 aromatic carbocycles. The highest BCUT2D eigenvalue weighted by molar-refractivity contribution is 8.18. The Morgan fingerprint density at radius 3 is 2.59 bits per heavy atom. The SMILES string of the molecule is CC12CCC(C/C1=N\N=C1\S/C(=C\c3ccc(-c4ccc([N+](=O)[O-])cc4)o3)C(=O)N1Cc1ccco1)C2(C)C. The molecule has 10 heteroatoms. The van der Waals surface area contributed by atoms with E-state index in [1.807, 2.05) is 6.07 Å². The molecular weight excluding hydrogens is 516 g/mol. The Morgan fingerprint density at radius 2 is 1.95 bits per heavy atom. The smallest absolute Gasteiger partial charge is 0.269 e. The lowest BCUT2D eigenvalue weighted by Crippen LogP contribution is -2.32. The van der Waals surface area contributed by atoms with Crippen molar-refractivity contribution in [2.75, 3.05) is 0 Å². The highest BCUT2D eigenvalue weighted by Gasteiger charge is 2.60. The first kappa shape index (κ1) is 25.4. The van der Waals surface area contributed by atoms with Crippen LogP contribution in [-0.4, -0.2) is 26.6 Å². The minimum Gasteiger partial charge on any atom is -0.467 e. The maximum absolute atomic E-state index is 13.5. The summed E-state index contributed by atoms with van der Waals surface area (Å²) in [6, 6.07) is 13.3. The molecule has 2 aliphatic carbocycles. The van der Waals surface area contributed by atoms with Crippen molar-refractivity contribution < 1.29 is 18.6 Å². The van der Waals surface area contributed by atoms with Crippen LogP contribution >= 0.6 is 11.8 Å². The molecule has 2 unspecified atom stereocenters. The second kappa shape index (κ2) is 9.37. The highest BCUT2D eigenvalue weighted by Crippen LogP contribution is 2.64. The van der Waals surface area contributed by atoms with Gasteiger partial charge in [-0.15, -0.1) is 5.10 Å². The Balaban J connectivity index is 1.28. The number of benzene rings is 1. The molecular formula is C29H28N4O5S. The molecule has 0 radical (unpaired) electrons. The fourth-order valence-electron chi connectivity index (χ4n) is 5.93. The van der Waals surface area contributed by atoms with Crippen LogP contribution in [0.4, 0.5) is 5.69 Å². The van der Waals surface area contributed by atoms with Crippen molar-refractivity contribution in [3.63, 3.8) is 0 Å².